The molecule has 1 aliphatic heterocycles. The molecular weight excluding hydrogens is 318 g/mol. The number of carbonyl (C=O) groups excluding carboxylic acids is 1. The van der Waals surface area contributed by atoms with Crippen molar-refractivity contribution in [3.05, 3.63) is 30.6 Å². The number of nitrogens with zero attached hydrogens (tertiary/aromatic N) is 5. The zero-order chi connectivity index (χ0) is 17.9. The summed E-state index contributed by atoms with van der Waals surface area (Å²) in [5.41, 5.74) is -0.181. The molecule has 0 radical (unpaired) electrons. The van der Waals surface area contributed by atoms with Crippen molar-refractivity contribution in [2.45, 2.75) is 45.2 Å². The average Bonchev–Trinajstić information content (AvgIpc) is 3.05. The van der Waals surface area contributed by atoms with Crippen LogP contribution in [0, 0.1) is 0 Å². The minimum Gasteiger partial charge on any atom is -0.366 e. The lowest BCUT2D eigenvalue weighted by Crippen LogP contribution is -2.44. The summed E-state index contributed by atoms with van der Waals surface area (Å²) in [5.74, 6) is 1.50. The first-order valence-corrected chi connectivity index (χ1v) is 8.58. The predicted octanol–water partition coefficient (Wildman–Crippen LogP) is 2.54. The third-order valence-electron chi connectivity index (χ3n) is 4.22. The summed E-state index contributed by atoms with van der Waals surface area (Å²) in [4.78, 5) is 14.4. The topological polar surface area (TPSA) is 88.0 Å². The Kier molecular flexibility index (Phi) is 4.87. The third-order valence-corrected chi connectivity index (χ3v) is 4.22. The van der Waals surface area contributed by atoms with Crippen molar-refractivity contribution in [3.63, 3.8) is 0 Å². The van der Waals surface area contributed by atoms with Crippen molar-refractivity contribution >= 4 is 17.7 Å². The Morgan fingerprint density at radius 1 is 1.20 bits per heavy atom. The van der Waals surface area contributed by atoms with Gasteiger partial charge in [0.25, 0.3) is 0 Å². The number of piperidine rings is 1. The number of carbonyl (C=O) groups is 1. The van der Waals surface area contributed by atoms with Crippen LogP contribution in [-0.2, 0) is 5.54 Å². The van der Waals surface area contributed by atoms with E-state index in [-0.39, 0.29) is 11.6 Å². The van der Waals surface area contributed by atoms with Crippen LogP contribution in [0.4, 0.5) is 16.4 Å². The summed E-state index contributed by atoms with van der Waals surface area (Å²) in [5, 5.41) is 18.6. The molecular formula is C17H25N7O. The Hall–Kier alpha value is -2.64. The number of nitrogens with one attached hydrogen (secondary N) is 2. The van der Waals surface area contributed by atoms with Gasteiger partial charge in [0, 0.05) is 31.4 Å². The first kappa shape index (κ1) is 17.2. The number of aromatic nitrogens is 4. The van der Waals surface area contributed by atoms with Crippen LogP contribution in [0.15, 0.2) is 30.6 Å². The maximum Gasteiger partial charge on any atom is 0.323 e. The van der Waals surface area contributed by atoms with Crippen LogP contribution in [0.3, 0.4) is 0 Å². The van der Waals surface area contributed by atoms with E-state index in [9.17, 15) is 4.79 Å². The number of hydrogen-bond donors (Lipinski definition) is 2. The van der Waals surface area contributed by atoms with Crippen molar-refractivity contribution in [1.82, 2.24) is 24.9 Å². The molecule has 8 nitrogen and oxygen atoms in total. The second-order valence-corrected chi connectivity index (χ2v) is 7.24. The minimum atomic E-state index is -0.181. The molecule has 1 fully saturated rings. The fourth-order valence-electron chi connectivity index (χ4n) is 2.94. The molecule has 1 saturated heterocycles. The molecule has 2 amide bonds. The van der Waals surface area contributed by atoms with Gasteiger partial charge in [0.15, 0.2) is 0 Å². The van der Waals surface area contributed by atoms with Gasteiger partial charge in [0.05, 0.1) is 11.7 Å². The number of urea groups is 1. The van der Waals surface area contributed by atoms with Crippen LogP contribution < -0.4 is 10.6 Å². The number of rotatable bonds is 3. The molecule has 0 bridgehead atoms. The lowest BCUT2D eigenvalue weighted by atomic mass is 10.1. The Morgan fingerprint density at radius 2 is 1.96 bits per heavy atom. The molecule has 2 aromatic heterocycles. The van der Waals surface area contributed by atoms with E-state index in [0.29, 0.717) is 19.1 Å². The quantitative estimate of drug-likeness (QED) is 0.894. The summed E-state index contributed by atoms with van der Waals surface area (Å²) in [7, 11) is 0. The van der Waals surface area contributed by atoms with E-state index >= 15 is 0 Å². The van der Waals surface area contributed by atoms with Crippen LogP contribution in [0.25, 0.3) is 0 Å². The minimum absolute atomic E-state index is 0.0797. The highest BCUT2D eigenvalue weighted by molar-refractivity contribution is 5.88. The molecule has 0 aromatic carbocycles. The summed E-state index contributed by atoms with van der Waals surface area (Å²) in [6, 6.07) is 5.81. The molecule has 134 valence electrons. The Morgan fingerprint density at radius 3 is 2.60 bits per heavy atom. The Labute approximate surface area is 147 Å². The van der Waals surface area contributed by atoms with E-state index in [1.54, 1.807) is 12.4 Å². The molecule has 3 heterocycles. The van der Waals surface area contributed by atoms with Gasteiger partial charge in [0.2, 0.25) is 0 Å². The molecule has 2 aromatic rings. The molecule has 1 aliphatic rings. The molecule has 3 rings (SSSR count). The van der Waals surface area contributed by atoms with E-state index in [1.165, 1.54) is 0 Å². The van der Waals surface area contributed by atoms with E-state index in [4.69, 9.17) is 0 Å². The van der Waals surface area contributed by atoms with E-state index in [2.05, 4.69) is 46.7 Å². The van der Waals surface area contributed by atoms with Crippen molar-refractivity contribution in [1.29, 1.82) is 0 Å². The normalized spacial score (nSPS) is 15.9. The summed E-state index contributed by atoms with van der Waals surface area (Å²) in [6.45, 7) is 7.57. The first-order chi connectivity index (χ1) is 11.9. The second-order valence-electron chi connectivity index (χ2n) is 7.24. The molecule has 8 heteroatoms. The lowest BCUT2D eigenvalue weighted by Gasteiger charge is -2.33. The van der Waals surface area contributed by atoms with Crippen molar-refractivity contribution < 1.29 is 4.79 Å². The van der Waals surface area contributed by atoms with Gasteiger partial charge < -0.3 is 10.2 Å². The number of likely N-dealkylation sites (tertiary alicyclic amines) is 1. The molecule has 2 N–H and O–H groups in total. The fourth-order valence-corrected chi connectivity index (χ4v) is 2.94. The van der Waals surface area contributed by atoms with Gasteiger partial charge >= 0.3 is 6.03 Å². The standard InChI is InChI=1S/C17H25N7O/c1-17(2,3)24-15(6-10-19-24)21-16(25)23-11-7-13(8-12-23)20-14-5-4-9-18-22-14/h4-6,9-10,13H,7-8,11-12H2,1-3H3,(H,20,22)(H,21,25). The highest BCUT2D eigenvalue weighted by atomic mass is 16.2. The van der Waals surface area contributed by atoms with Crippen LogP contribution in [0.2, 0.25) is 0 Å². The second kappa shape index (κ2) is 7.08. The summed E-state index contributed by atoms with van der Waals surface area (Å²) >= 11 is 0. The van der Waals surface area contributed by atoms with Gasteiger partial charge in [-0.05, 0) is 45.7 Å². The third kappa shape index (κ3) is 4.26. The van der Waals surface area contributed by atoms with E-state index in [0.717, 1.165) is 24.5 Å². The van der Waals surface area contributed by atoms with Gasteiger partial charge in [0.1, 0.15) is 11.6 Å². The van der Waals surface area contributed by atoms with Crippen LogP contribution in [-0.4, -0.2) is 50.0 Å². The average molecular weight is 343 g/mol. The SMILES string of the molecule is CC(C)(C)n1nccc1NC(=O)N1CCC(Nc2cccnn2)CC1. The van der Waals surface area contributed by atoms with Crippen LogP contribution in [0.1, 0.15) is 33.6 Å². The van der Waals surface area contributed by atoms with Crippen LogP contribution in [0.5, 0.6) is 0 Å². The largest absolute Gasteiger partial charge is 0.366 e. The van der Waals surface area contributed by atoms with Gasteiger partial charge in [-0.2, -0.15) is 10.2 Å². The number of anilines is 2. The van der Waals surface area contributed by atoms with Crippen molar-refractivity contribution in [2.75, 3.05) is 23.7 Å². The molecule has 0 spiro atoms. The van der Waals surface area contributed by atoms with Gasteiger partial charge in [-0.25, -0.2) is 9.48 Å². The monoisotopic (exact) mass is 343 g/mol. The number of hydrogen-bond acceptors (Lipinski definition) is 5. The maximum atomic E-state index is 12.5. The zero-order valence-electron chi connectivity index (χ0n) is 14.9. The Bertz CT molecular complexity index is 699. The van der Waals surface area contributed by atoms with Gasteiger partial charge in [-0.3, -0.25) is 5.32 Å². The number of amides is 2. The Balaban J connectivity index is 1.53. The summed E-state index contributed by atoms with van der Waals surface area (Å²) in [6.07, 6.45) is 5.11. The highest BCUT2D eigenvalue weighted by Gasteiger charge is 2.25. The fraction of sp³-hybridized carbons (Fsp3) is 0.529. The lowest BCUT2D eigenvalue weighted by molar-refractivity contribution is 0.196. The van der Waals surface area contributed by atoms with Gasteiger partial charge in [-0.15, -0.1) is 5.10 Å². The maximum absolute atomic E-state index is 12.5. The van der Waals surface area contributed by atoms with E-state index in [1.807, 2.05) is 27.8 Å². The predicted molar refractivity (Wildman–Crippen MR) is 96.5 cm³/mol. The molecule has 0 aliphatic carbocycles. The first-order valence-electron chi connectivity index (χ1n) is 8.58. The van der Waals surface area contributed by atoms with Crippen molar-refractivity contribution in [2.24, 2.45) is 0 Å². The molecule has 0 atom stereocenters. The zero-order valence-corrected chi connectivity index (χ0v) is 14.9. The molecule has 0 unspecified atom stereocenters. The summed E-state index contributed by atoms with van der Waals surface area (Å²) < 4.78 is 1.83. The molecule has 0 saturated carbocycles. The highest BCUT2D eigenvalue weighted by Crippen LogP contribution is 2.20. The molecule has 25 heavy (non-hydrogen) atoms. The van der Waals surface area contributed by atoms with Crippen LogP contribution >= 0.6 is 0 Å². The van der Waals surface area contributed by atoms with E-state index < -0.39 is 0 Å². The smallest absolute Gasteiger partial charge is 0.323 e. The van der Waals surface area contributed by atoms with Crippen molar-refractivity contribution in [3.8, 4) is 0 Å². The van der Waals surface area contributed by atoms with Gasteiger partial charge in [-0.1, -0.05) is 0 Å².